The quantitative estimate of drug-likeness (QED) is 0.899. The molecule has 0 aromatic heterocycles. The number of carbonyl (C=O) groups is 1. The normalized spacial score (nSPS) is 23.6. The van der Waals surface area contributed by atoms with Crippen molar-refractivity contribution in [1.82, 2.24) is 9.62 Å². The first kappa shape index (κ1) is 18.2. The van der Waals surface area contributed by atoms with Crippen LogP contribution in [0.2, 0.25) is 5.02 Å². The van der Waals surface area contributed by atoms with Crippen LogP contribution in [0.25, 0.3) is 0 Å². The molecule has 1 heterocycles. The zero-order chi connectivity index (χ0) is 17.2. The minimum atomic E-state index is -3.74. The molecule has 0 bridgehead atoms. The summed E-state index contributed by atoms with van der Waals surface area (Å²) in [5, 5.41) is 0.462. The summed E-state index contributed by atoms with van der Waals surface area (Å²) in [6.45, 7) is 7.16. The van der Waals surface area contributed by atoms with Gasteiger partial charge in [0.1, 0.15) is 0 Å². The monoisotopic (exact) mass is 358 g/mol. The summed E-state index contributed by atoms with van der Waals surface area (Å²) in [5.74, 6) is 0.687. The molecule has 3 atom stereocenters. The fourth-order valence-electron chi connectivity index (χ4n) is 3.08. The number of piperidine rings is 1. The average Bonchev–Trinajstić information content (AvgIpc) is 2.45. The molecule has 3 unspecified atom stereocenters. The van der Waals surface area contributed by atoms with Gasteiger partial charge in [-0.1, -0.05) is 25.4 Å². The molecule has 1 aromatic rings. The lowest BCUT2D eigenvalue weighted by atomic mass is 9.91. The number of benzene rings is 1. The van der Waals surface area contributed by atoms with Crippen molar-refractivity contribution in [2.24, 2.45) is 11.8 Å². The van der Waals surface area contributed by atoms with Gasteiger partial charge in [0.25, 0.3) is 0 Å². The van der Waals surface area contributed by atoms with Gasteiger partial charge in [0.2, 0.25) is 15.9 Å². The van der Waals surface area contributed by atoms with Crippen molar-refractivity contribution in [3.05, 3.63) is 29.3 Å². The van der Waals surface area contributed by atoms with Crippen LogP contribution in [0.1, 0.15) is 27.2 Å². The van der Waals surface area contributed by atoms with E-state index < -0.39 is 16.1 Å². The van der Waals surface area contributed by atoms with E-state index in [1.807, 2.05) is 0 Å². The molecule has 23 heavy (non-hydrogen) atoms. The number of likely N-dealkylation sites (tertiary alicyclic amines) is 1. The lowest BCUT2D eigenvalue weighted by Crippen LogP contribution is -2.51. The Bertz CT molecular complexity index is 650. The lowest BCUT2D eigenvalue weighted by Gasteiger charge is -2.36. The Hall–Kier alpha value is -1.11. The molecular formula is C16H23ClN2O3S. The van der Waals surface area contributed by atoms with Crippen LogP contribution in [0, 0.1) is 11.8 Å². The molecule has 0 spiro atoms. The summed E-state index contributed by atoms with van der Waals surface area (Å²) in [7, 11) is -3.74. The molecule has 1 aromatic carbocycles. The highest BCUT2D eigenvalue weighted by molar-refractivity contribution is 7.89. The van der Waals surface area contributed by atoms with Crippen molar-refractivity contribution < 1.29 is 13.2 Å². The molecule has 1 saturated heterocycles. The first-order valence-corrected chi connectivity index (χ1v) is 9.62. The van der Waals surface area contributed by atoms with E-state index in [2.05, 4.69) is 18.6 Å². The number of nitrogens with zero attached hydrogens (tertiary/aromatic N) is 1. The maximum atomic E-state index is 12.5. The Morgan fingerprint density at radius 1 is 1.22 bits per heavy atom. The van der Waals surface area contributed by atoms with Crippen LogP contribution >= 0.6 is 11.6 Å². The third-order valence-corrected chi connectivity index (χ3v) is 5.82. The zero-order valence-corrected chi connectivity index (χ0v) is 15.2. The topological polar surface area (TPSA) is 66.5 Å². The second-order valence-corrected chi connectivity index (χ2v) is 8.64. The van der Waals surface area contributed by atoms with Gasteiger partial charge in [-0.05, 0) is 49.4 Å². The van der Waals surface area contributed by atoms with Gasteiger partial charge in [0.05, 0.1) is 10.9 Å². The van der Waals surface area contributed by atoms with E-state index in [1.54, 1.807) is 11.8 Å². The van der Waals surface area contributed by atoms with Gasteiger partial charge >= 0.3 is 0 Å². The lowest BCUT2D eigenvalue weighted by molar-refractivity contribution is -0.135. The molecule has 5 nitrogen and oxygen atoms in total. The van der Waals surface area contributed by atoms with E-state index >= 15 is 0 Å². The van der Waals surface area contributed by atoms with Gasteiger partial charge < -0.3 is 4.90 Å². The second kappa shape index (κ2) is 7.20. The number of sulfonamides is 1. The van der Waals surface area contributed by atoms with Crippen molar-refractivity contribution in [2.45, 2.75) is 38.1 Å². The van der Waals surface area contributed by atoms with Crippen LogP contribution in [-0.4, -0.2) is 38.4 Å². The molecule has 0 saturated carbocycles. The van der Waals surface area contributed by atoms with Crippen molar-refractivity contribution >= 4 is 27.5 Å². The van der Waals surface area contributed by atoms with Crippen LogP contribution in [0.15, 0.2) is 29.2 Å². The first-order chi connectivity index (χ1) is 10.7. The van der Waals surface area contributed by atoms with Crippen LogP contribution in [0.4, 0.5) is 0 Å². The number of rotatable bonds is 4. The first-order valence-electron chi connectivity index (χ1n) is 7.75. The molecular weight excluding hydrogens is 336 g/mol. The van der Waals surface area contributed by atoms with E-state index in [9.17, 15) is 13.2 Å². The van der Waals surface area contributed by atoms with E-state index in [0.717, 1.165) is 6.42 Å². The number of amides is 1. The highest BCUT2D eigenvalue weighted by atomic mass is 35.5. The summed E-state index contributed by atoms with van der Waals surface area (Å²) in [5.41, 5.74) is 0. The summed E-state index contributed by atoms with van der Waals surface area (Å²) < 4.78 is 27.1. The maximum absolute atomic E-state index is 12.5. The van der Waals surface area contributed by atoms with E-state index in [4.69, 9.17) is 11.6 Å². The third-order valence-electron chi connectivity index (χ3n) is 4.01. The molecule has 0 radical (unpaired) electrons. The molecule has 1 fully saturated rings. The molecule has 128 valence electrons. The fraction of sp³-hybridized carbons (Fsp3) is 0.562. The van der Waals surface area contributed by atoms with Crippen LogP contribution in [0.3, 0.4) is 0 Å². The number of hydrogen-bond donors (Lipinski definition) is 1. The Kier molecular flexibility index (Phi) is 5.70. The predicted molar refractivity (Wildman–Crippen MR) is 90.8 cm³/mol. The van der Waals surface area contributed by atoms with Gasteiger partial charge in [-0.3, -0.25) is 4.79 Å². The average molecular weight is 359 g/mol. The number of halogens is 1. The fourth-order valence-corrected chi connectivity index (χ4v) is 4.40. The number of nitrogens with one attached hydrogen (secondary N) is 1. The molecule has 2 rings (SSSR count). The molecule has 1 amide bonds. The predicted octanol–water partition coefficient (Wildman–Crippen LogP) is 2.51. The van der Waals surface area contributed by atoms with Crippen LogP contribution < -0.4 is 4.72 Å². The maximum Gasteiger partial charge on any atom is 0.241 e. The minimum Gasteiger partial charge on any atom is -0.341 e. The summed E-state index contributed by atoms with van der Waals surface area (Å²) in [6.07, 6.45) is 1.09. The van der Waals surface area contributed by atoms with Gasteiger partial charge in [-0.25, -0.2) is 8.42 Å². The van der Waals surface area contributed by atoms with Gasteiger partial charge in [-0.15, -0.1) is 0 Å². The number of hydrogen-bond acceptors (Lipinski definition) is 3. The second-order valence-electron chi connectivity index (χ2n) is 6.49. The van der Waals surface area contributed by atoms with E-state index in [-0.39, 0.29) is 10.8 Å². The Labute approximate surface area is 143 Å². The van der Waals surface area contributed by atoms with Gasteiger partial charge in [0.15, 0.2) is 0 Å². The SMILES string of the molecule is CC1CC(C)CN(C(=O)C(C)NS(=O)(=O)c2ccc(Cl)cc2)C1. The summed E-state index contributed by atoms with van der Waals surface area (Å²) in [6, 6.07) is 5.07. The standard InChI is InChI=1S/C16H23ClN2O3S/c1-11-8-12(2)10-19(9-11)16(20)13(3)18-23(21,22)15-6-4-14(17)5-7-15/h4-7,11-13,18H,8-10H2,1-3H3. The zero-order valence-electron chi connectivity index (χ0n) is 13.6. The molecule has 7 heteroatoms. The van der Waals surface area contributed by atoms with Crippen molar-refractivity contribution in [3.63, 3.8) is 0 Å². The Balaban J connectivity index is 2.06. The van der Waals surface area contributed by atoms with Crippen molar-refractivity contribution in [2.75, 3.05) is 13.1 Å². The highest BCUT2D eigenvalue weighted by Gasteiger charge is 2.30. The van der Waals surface area contributed by atoms with Gasteiger partial charge in [-0.2, -0.15) is 4.72 Å². The van der Waals surface area contributed by atoms with Crippen molar-refractivity contribution in [3.8, 4) is 0 Å². The Morgan fingerprint density at radius 3 is 2.26 bits per heavy atom. The summed E-state index contributed by atoms with van der Waals surface area (Å²) >= 11 is 5.77. The highest BCUT2D eigenvalue weighted by Crippen LogP contribution is 2.22. The smallest absolute Gasteiger partial charge is 0.241 e. The molecule has 0 aliphatic carbocycles. The number of carbonyl (C=O) groups excluding carboxylic acids is 1. The van der Waals surface area contributed by atoms with E-state index in [0.29, 0.717) is 29.9 Å². The van der Waals surface area contributed by atoms with Crippen LogP contribution in [-0.2, 0) is 14.8 Å². The molecule has 1 aliphatic heterocycles. The van der Waals surface area contributed by atoms with E-state index in [1.165, 1.54) is 24.3 Å². The summed E-state index contributed by atoms with van der Waals surface area (Å²) in [4.78, 5) is 14.4. The van der Waals surface area contributed by atoms with Crippen molar-refractivity contribution in [1.29, 1.82) is 0 Å². The minimum absolute atomic E-state index is 0.0990. The molecule has 1 aliphatic rings. The van der Waals surface area contributed by atoms with Crippen LogP contribution in [0.5, 0.6) is 0 Å². The van der Waals surface area contributed by atoms with Gasteiger partial charge in [0, 0.05) is 18.1 Å². The molecule has 1 N–H and O–H groups in total. The largest absolute Gasteiger partial charge is 0.341 e. The Morgan fingerprint density at radius 2 is 1.74 bits per heavy atom. The third kappa shape index (κ3) is 4.68.